The molecule has 1 fully saturated rings. The molecule has 2 heterocycles. The van der Waals surface area contributed by atoms with Gasteiger partial charge in [0.2, 0.25) is 15.9 Å². The van der Waals surface area contributed by atoms with E-state index in [-0.39, 0.29) is 34.6 Å². The molecule has 216 valence electrons. The smallest absolute Gasteiger partial charge is 0.272 e. The Morgan fingerprint density at radius 3 is 2.33 bits per heavy atom. The molecule has 3 aromatic rings. The van der Waals surface area contributed by atoms with E-state index in [1.807, 2.05) is 56.7 Å². The molecule has 11 heteroatoms. The van der Waals surface area contributed by atoms with Crippen LogP contribution in [0.5, 0.6) is 5.75 Å². The van der Waals surface area contributed by atoms with Gasteiger partial charge in [0.15, 0.2) is 5.75 Å². The lowest BCUT2D eigenvalue weighted by Crippen LogP contribution is -2.38. The summed E-state index contributed by atoms with van der Waals surface area (Å²) in [6, 6.07) is 11.4. The highest BCUT2D eigenvalue weighted by Crippen LogP contribution is 2.39. The maximum atomic E-state index is 13.7. The summed E-state index contributed by atoms with van der Waals surface area (Å²) in [6.45, 7) is 8.29. The van der Waals surface area contributed by atoms with Gasteiger partial charge in [-0.25, -0.2) is 8.42 Å². The molecular formula is C29H39N5O5S. The molecule has 0 radical (unpaired) electrons. The number of anilines is 2. The van der Waals surface area contributed by atoms with Crippen LogP contribution in [0.2, 0.25) is 0 Å². The van der Waals surface area contributed by atoms with Crippen molar-refractivity contribution in [1.29, 1.82) is 0 Å². The van der Waals surface area contributed by atoms with Gasteiger partial charge in [-0.1, -0.05) is 39.0 Å². The quantitative estimate of drug-likeness (QED) is 0.378. The van der Waals surface area contributed by atoms with E-state index in [0.29, 0.717) is 17.9 Å². The van der Waals surface area contributed by atoms with Crippen LogP contribution >= 0.6 is 0 Å². The molecule has 10 nitrogen and oxygen atoms in total. The Balaban J connectivity index is 1.66. The number of ether oxygens (including phenoxy) is 1. The van der Waals surface area contributed by atoms with Crippen LogP contribution in [-0.2, 0) is 33.8 Å². The minimum Gasteiger partial charge on any atom is -0.492 e. The van der Waals surface area contributed by atoms with E-state index in [9.17, 15) is 18.0 Å². The van der Waals surface area contributed by atoms with Gasteiger partial charge in [0.05, 0.1) is 30.3 Å². The second-order valence-corrected chi connectivity index (χ2v) is 13.3. The van der Waals surface area contributed by atoms with Gasteiger partial charge in [-0.2, -0.15) is 0 Å². The summed E-state index contributed by atoms with van der Waals surface area (Å²) in [4.78, 5) is 27.5. The number of methoxy groups -OCH3 is 1. The zero-order valence-electron chi connectivity index (χ0n) is 24.0. The molecule has 0 aliphatic carbocycles. The molecule has 0 atom stereocenters. The minimum atomic E-state index is -3.59. The third kappa shape index (κ3) is 6.42. The SMILES string of the molecule is COc1c(NC(=O)c2cc3cccc(CN4CCC(C(N)=O)CC4)c3n2C)cc(C(C)(C)C)cc1NS(C)(=O)=O. The lowest BCUT2D eigenvalue weighted by molar-refractivity contribution is -0.123. The Bertz CT molecular complexity index is 1550. The molecular weight excluding hydrogens is 530 g/mol. The average Bonchev–Trinajstić information content (AvgIpc) is 3.20. The third-order valence-electron chi connectivity index (χ3n) is 7.46. The standard InChI is InChI=1S/C29H39N5O5S/c1-29(2,3)21-15-22(26(39-5)23(16-21)32-40(6,37)38)31-28(36)24-14-19-8-7-9-20(25(19)33(24)4)17-34-12-10-18(11-13-34)27(30)35/h7-9,14-16,18,32H,10-13,17H2,1-6H3,(H2,30,35)(H,31,36). The first-order valence-electron chi connectivity index (χ1n) is 13.3. The number of nitrogens with zero attached hydrogens (tertiary/aromatic N) is 2. The van der Waals surface area contributed by atoms with Crippen molar-refractivity contribution in [2.45, 2.75) is 45.6 Å². The minimum absolute atomic E-state index is 0.0701. The van der Waals surface area contributed by atoms with Crippen LogP contribution in [0.15, 0.2) is 36.4 Å². The number of amides is 2. The molecule has 0 saturated carbocycles. The summed E-state index contributed by atoms with van der Waals surface area (Å²) < 4.78 is 34.1. The maximum absolute atomic E-state index is 13.7. The molecule has 4 rings (SSSR count). The number of piperidine rings is 1. The first kappa shape index (κ1) is 29.4. The number of aromatic nitrogens is 1. The van der Waals surface area contributed by atoms with Crippen LogP contribution < -0.4 is 20.5 Å². The number of hydrogen-bond acceptors (Lipinski definition) is 6. The number of carbonyl (C=O) groups is 2. The number of carbonyl (C=O) groups excluding carboxylic acids is 2. The number of likely N-dealkylation sites (tertiary alicyclic amines) is 1. The topological polar surface area (TPSA) is 136 Å². The van der Waals surface area contributed by atoms with Crippen LogP contribution in [0.25, 0.3) is 10.9 Å². The summed E-state index contributed by atoms with van der Waals surface area (Å²) in [5.74, 6) is -0.421. The average molecular weight is 570 g/mol. The number of sulfonamides is 1. The highest BCUT2D eigenvalue weighted by Gasteiger charge is 2.26. The number of nitrogens with one attached hydrogen (secondary N) is 2. The van der Waals surface area contributed by atoms with Crippen LogP contribution in [0, 0.1) is 5.92 Å². The summed E-state index contributed by atoms with van der Waals surface area (Å²) in [5, 5.41) is 3.90. The first-order chi connectivity index (χ1) is 18.7. The van der Waals surface area contributed by atoms with Crippen LogP contribution in [0.3, 0.4) is 0 Å². The van der Waals surface area contributed by atoms with Crippen molar-refractivity contribution < 1.29 is 22.7 Å². The molecule has 2 aromatic carbocycles. The van der Waals surface area contributed by atoms with E-state index >= 15 is 0 Å². The van der Waals surface area contributed by atoms with Crippen molar-refractivity contribution in [3.05, 3.63) is 53.2 Å². The Hall–Kier alpha value is -3.57. The number of nitrogens with two attached hydrogens (primary N) is 1. The van der Waals surface area contributed by atoms with Gasteiger partial charge in [-0.05, 0) is 60.7 Å². The lowest BCUT2D eigenvalue weighted by atomic mass is 9.86. The summed E-state index contributed by atoms with van der Waals surface area (Å²) in [6.07, 6.45) is 2.57. The van der Waals surface area contributed by atoms with E-state index < -0.39 is 10.0 Å². The van der Waals surface area contributed by atoms with Crippen molar-refractivity contribution in [2.75, 3.05) is 36.5 Å². The number of aryl methyl sites for hydroxylation is 1. The largest absolute Gasteiger partial charge is 0.492 e. The molecule has 2 amide bonds. The molecule has 1 saturated heterocycles. The Kier molecular flexibility index (Phi) is 8.18. The number of hydrogen-bond donors (Lipinski definition) is 3. The second-order valence-electron chi connectivity index (χ2n) is 11.6. The Morgan fingerprint density at radius 1 is 1.10 bits per heavy atom. The Morgan fingerprint density at radius 2 is 1.75 bits per heavy atom. The Labute approximate surface area is 235 Å². The normalized spacial score (nSPS) is 15.2. The van der Waals surface area contributed by atoms with Crippen LogP contribution in [0.1, 0.15) is 55.2 Å². The fourth-order valence-corrected chi connectivity index (χ4v) is 5.85. The van der Waals surface area contributed by atoms with Gasteiger partial charge in [0, 0.05) is 24.9 Å². The van der Waals surface area contributed by atoms with E-state index in [0.717, 1.165) is 54.2 Å². The van der Waals surface area contributed by atoms with Gasteiger partial charge in [-0.3, -0.25) is 19.2 Å². The molecule has 4 N–H and O–H groups in total. The van der Waals surface area contributed by atoms with Gasteiger partial charge in [-0.15, -0.1) is 0 Å². The molecule has 1 aliphatic rings. The molecule has 40 heavy (non-hydrogen) atoms. The van der Waals surface area contributed by atoms with Crippen molar-refractivity contribution in [1.82, 2.24) is 9.47 Å². The first-order valence-corrected chi connectivity index (χ1v) is 15.2. The highest BCUT2D eigenvalue weighted by atomic mass is 32.2. The number of primary amides is 1. The van der Waals surface area contributed by atoms with E-state index in [4.69, 9.17) is 10.5 Å². The van der Waals surface area contributed by atoms with Crippen LogP contribution in [-0.4, -0.2) is 56.2 Å². The van der Waals surface area contributed by atoms with Crippen molar-refractivity contribution in [3.8, 4) is 5.75 Å². The monoisotopic (exact) mass is 569 g/mol. The lowest BCUT2D eigenvalue weighted by Gasteiger charge is -2.30. The zero-order valence-corrected chi connectivity index (χ0v) is 24.8. The number of fused-ring (bicyclic) bond motifs is 1. The highest BCUT2D eigenvalue weighted by molar-refractivity contribution is 7.92. The van der Waals surface area contributed by atoms with Gasteiger partial charge in [0.25, 0.3) is 5.91 Å². The molecule has 1 aromatic heterocycles. The summed E-state index contributed by atoms with van der Waals surface area (Å²) >= 11 is 0. The fourth-order valence-electron chi connectivity index (χ4n) is 5.30. The second kappa shape index (κ2) is 11.1. The van der Waals surface area contributed by atoms with Gasteiger partial charge >= 0.3 is 0 Å². The molecule has 0 spiro atoms. The zero-order chi connectivity index (χ0) is 29.4. The van der Waals surface area contributed by atoms with Gasteiger partial charge < -0.3 is 20.4 Å². The van der Waals surface area contributed by atoms with E-state index in [1.165, 1.54) is 7.11 Å². The van der Waals surface area contributed by atoms with E-state index in [1.54, 1.807) is 6.07 Å². The van der Waals surface area contributed by atoms with Crippen LogP contribution in [0.4, 0.5) is 11.4 Å². The van der Waals surface area contributed by atoms with Crippen molar-refractivity contribution in [2.24, 2.45) is 18.7 Å². The van der Waals surface area contributed by atoms with Crippen molar-refractivity contribution in [3.63, 3.8) is 0 Å². The maximum Gasteiger partial charge on any atom is 0.272 e. The van der Waals surface area contributed by atoms with E-state index in [2.05, 4.69) is 21.0 Å². The fraction of sp³-hybridized carbons (Fsp3) is 0.448. The molecule has 1 aliphatic heterocycles. The van der Waals surface area contributed by atoms with Crippen molar-refractivity contribution >= 4 is 44.1 Å². The molecule has 0 unspecified atom stereocenters. The predicted octanol–water partition coefficient (Wildman–Crippen LogP) is 3.81. The third-order valence-corrected chi connectivity index (χ3v) is 8.05. The number of rotatable bonds is 8. The number of benzene rings is 2. The summed E-state index contributed by atoms with van der Waals surface area (Å²) in [7, 11) is -0.296. The summed E-state index contributed by atoms with van der Waals surface area (Å²) in [5.41, 5.74) is 9.13. The van der Waals surface area contributed by atoms with Gasteiger partial charge in [0.1, 0.15) is 5.69 Å². The number of para-hydroxylation sites is 1. The predicted molar refractivity (Wildman–Crippen MR) is 158 cm³/mol. The molecule has 0 bridgehead atoms.